The number of hydrazone groups is 1. The van der Waals surface area contributed by atoms with Gasteiger partial charge in [-0.05, 0) is 36.4 Å². The second kappa shape index (κ2) is 9.84. The lowest BCUT2D eigenvalue weighted by molar-refractivity contribution is -0.126. The number of carbonyl (C=O) groups excluding carboxylic acids is 2. The van der Waals surface area contributed by atoms with E-state index in [2.05, 4.69) is 10.5 Å². The molecule has 0 bridgehead atoms. The molecule has 1 aliphatic heterocycles. The lowest BCUT2D eigenvalue weighted by Gasteiger charge is -2.16. The number of rotatable bonds is 8. The second-order valence-electron chi connectivity index (χ2n) is 6.80. The number of carbonyl (C=O) groups is 2. The van der Waals surface area contributed by atoms with Gasteiger partial charge in [-0.3, -0.25) is 9.59 Å². The van der Waals surface area contributed by atoms with E-state index in [0.29, 0.717) is 28.6 Å². The Kier molecular flexibility index (Phi) is 6.96. The van der Waals surface area contributed by atoms with Gasteiger partial charge in [-0.2, -0.15) is 5.10 Å². The molecule has 0 saturated carbocycles. The van der Waals surface area contributed by atoms with Crippen LogP contribution < -0.4 is 29.3 Å². The van der Waals surface area contributed by atoms with E-state index in [4.69, 9.17) is 18.9 Å². The highest BCUT2D eigenvalue weighted by molar-refractivity contribution is 6.00. The molecule has 0 unspecified atom stereocenters. The Bertz CT molecular complexity index is 949. The molecule has 2 aromatic carbocycles. The molecule has 2 amide bonds. The molecule has 1 heterocycles. The number of amides is 2. The number of methoxy groups -OCH3 is 4. The molecule has 31 heavy (non-hydrogen) atoms. The second-order valence-corrected chi connectivity index (χ2v) is 6.80. The van der Waals surface area contributed by atoms with Crippen molar-refractivity contribution in [2.45, 2.75) is 6.42 Å². The van der Waals surface area contributed by atoms with Crippen LogP contribution in [-0.4, -0.2) is 53.0 Å². The lowest BCUT2D eigenvalue weighted by Crippen LogP contribution is -2.30. The van der Waals surface area contributed by atoms with Crippen molar-refractivity contribution in [2.75, 3.05) is 39.9 Å². The molecule has 3 rings (SSSR count). The van der Waals surface area contributed by atoms with Crippen molar-refractivity contribution in [3.8, 4) is 23.0 Å². The monoisotopic (exact) mass is 427 g/mol. The Morgan fingerprint density at radius 3 is 2.23 bits per heavy atom. The third-order valence-electron chi connectivity index (χ3n) is 4.96. The maximum Gasteiger partial charge on any atom is 0.245 e. The number of benzene rings is 2. The molecule has 0 aromatic heterocycles. The third kappa shape index (κ3) is 4.88. The molecular formula is C22H25N3O6. The van der Waals surface area contributed by atoms with Crippen LogP contribution in [0.1, 0.15) is 12.0 Å². The van der Waals surface area contributed by atoms with Crippen molar-refractivity contribution in [3.05, 3.63) is 42.0 Å². The van der Waals surface area contributed by atoms with Crippen LogP contribution in [0, 0.1) is 5.92 Å². The summed E-state index contributed by atoms with van der Waals surface area (Å²) in [6, 6.07) is 10.6. The minimum absolute atomic E-state index is 0.112. The number of nitrogens with one attached hydrogen (secondary N) is 1. The third-order valence-corrected chi connectivity index (χ3v) is 4.96. The summed E-state index contributed by atoms with van der Waals surface area (Å²) in [4.78, 5) is 26.5. The van der Waals surface area contributed by atoms with Crippen LogP contribution in [0.2, 0.25) is 0 Å². The smallest absolute Gasteiger partial charge is 0.245 e. The fourth-order valence-corrected chi connectivity index (χ4v) is 3.33. The van der Waals surface area contributed by atoms with Gasteiger partial charge in [0.05, 0.1) is 40.6 Å². The molecule has 1 saturated heterocycles. The summed E-state index contributed by atoms with van der Waals surface area (Å²) < 4.78 is 21.0. The number of hydrogen-bond donors (Lipinski definition) is 1. The molecule has 1 aliphatic rings. The average Bonchev–Trinajstić information content (AvgIpc) is 3.19. The molecule has 1 fully saturated rings. The van der Waals surface area contributed by atoms with Gasteiger partial charge in [0.25, 0.3) is 0 Å². The summed E-state index contributed by atoms with van der Waals surface area (Å²) in [6.45, 7) is 0.288. The number of ether oxygens (including phenoxy) is 4. The van der Waals surface area contributed by atoms with Gasteiger partial charge in [-0.1, -0.05) is 0 Å². The van der Waals surface area contributed by atoms with Crippen molar-refractivity contribution in [1.82, 2.24) is 5.43 Å². The quantitative estimate of drug-likeness (QED) is 0.512. The van der Waals surface area contributed by atoms with E-state index < -0.39 is 5.92 Å². The number of nitrogens with zero attached hydrogens (tertiary/aromatic N) is 2. The van der Waals surface area contributed by atoms with Crippen LogP contribution in [0.4, 0.5) is 5.69 Å². The highest BCUT2D eigenvalue weighted by Crippen LogP contribution is 2.37. The first-order chi connectivity index (χ1) is 15.0. The van der Waals surface area contributed by atoms with Gasteiger partial charge in [0.2, 0.25) is 17.6 Å². The van der Waals surface area contributed by atoms with Gasteiger partial charge in [0.15, 0.2) is 11.5 Å². The van der Waals surface area contributed by atoms with E-state index in [1.165, 1.54) is 27.5 Å². The normalized spacial score (nSPS) is 15.8. The summed E-state index contributed by atoms with van der Waals surface area (Å²) in [6.07, 6.45) is 1.60. The topological polar surface area (TPSA) is 98.7 Å². The molecule has 0 spiro atoms. The Balaban J connectivity index is 1.64. The van der Waals surface area contributed by atoms with Crippen LogP contribution in [0.25, 0.3) is 0 Å². The Hall–Kier alpha value is -3.75. The maximum absolute atomic E-state index is 12.5. The van der Waals surface area contributed by atoms with Gasteiger partial charge in [-0.25, -0.2) is 5.43 Å². The van der Waals surface area contributed by atoms with E-state index >= 15 is 0 Å². The van der Waals surface area contributed by atoms with E-state index in [0.717, 1.165) is 5.69 Å². The van der Waals surface area contributed by atoms with Crippen LogP contribution >= 0.6 is 0 Å². The molecule has 9 nitrogen and oxygen atoms in total. The van der Waals surface area contributed by atoms with E-state index in [1.807, 2.05) is 0 Å². The predicted molar refractivity (Wildman–Crippen MR) is 115 cm³/mol. The molecule has 9 heteroatoms. The van der Waals surface area contributed by atoms with Crippen LogP contribution in [-0.2, 0) is 9.59 Å². The molecule has 1 N–H and O–H groups in total. The van der Waals surface area contributed by atoms with Gasteiger partial charge < -0.3 is 23.8 Å². The van der Waals surface area contributed by atoms with Gasteiger partial charge >= 0.3 is 0 Å². The molecular weight excluding hydrogens is 402 g/mol. The maximum atomic E-state index is 12.5. The zero-order chi connectivity index (χ0) is 22.4. The van der Waals surface area contributed by atoms with Crippen molar-refractivity contribution in [2.24, 2.45) is 11.0 Å². The molecule has 164 valence electrons. The molecule has 1 atom stereocenters. The largest absolute Gasteiger partial charge is 0.497 e. The first kappa shape index (κ1) is 21.9. The molecule has 0 radical (unpaired) electrons. The summed E-state index contributed by atoms with van der Waals surface area (Å²) in [5.41, 5.74) is 3.88. The Labute approximate surface area is 180 Å². The minimum Gasteiger partial charge on any atom is -0.497 e. The highest BCUT2D eigenvalue weighted by Gasteiger charge is 2.35. The zero-order valence-electron chi connectivity index (χ0n) is 17.9. The van der Waals surface area contributed by atoms with E-state index in [-0.39, 0.29) is 24.8 Å². The summed E-state index contributed by atoms with van der Waals surface area (Å²) in [7, 11) is 6.14. The fourth-order valence-electron chi connectivity index (χ4n) is 3.33. The zero-order valence-corrected chi connectivity index (χ0v) is 17.9. The Morgan fingerprint density at radius 1 is 1.03 bits per heavy atom. The SMILES string of the molecule is COc1ccc(N2C[C@@H](C(=O)N/N=C/c3cc(OC)c(OC)c(OC)c3)CC2=O)cc1. The van der Waals surface area contributed by atoms with Crippen molar-refractivity contribution >= 4 is 23.7 Å². The van der Waals surface area contributed by atoms with Gasteiger partial charge in [0, 0.05) is 24.2 Å². The first-order valence-corrected chi connectivity index (χ1v) is 9.58. The van der Waals surface area contributed by atoms with Crippen LogP contribution in [0.3, 0.4) is 0 Å². The molecule has 2 aromatic rings. The van der Waals surface area contributed by atoms with Crippen molar-refractivity contribution in [3.63, 3.8) is 0 Å². The minimum atomic E-state index is -0.494. The standard InChI is InChI=1S/C22H25N3O6/c1-28-17-7-5-16(6-8-17)25-13-15(11-20(25)26)22(27)24-23-12-14-9-18(29-2)21(31-4)19(10-14)30-3/h5-10,12,15H,11,13H2,1-4H3,(H,24,27)/b23-12+/t15-/m0/s1. The summed E-state index contributed by atoms with van der Waals surface area (Å²) in [5, 5.41) is 4.02. The van der Waals surface area contributed by atoms with Crippen LogP contribution in [0.5, 0.6) is 23.0 Å². The number of anilines is 1. The predicted octanol–water partition coefficient (Wildman–Crippen LogP) is 2.22. The Morgan fingerprint density at radius 2 is 1.68 bits per heavy atom. The van der Waals surface area contributed by atoms with Crippen LogP contribution in [0.15, 0.2) is 41.5 Å². The van der Waals surface area contributed by atoms with E-state index in [1.54, 1.807) is 48.4 Å². The summed E-state index contributed by atoms with van der Waals surface area (Å²) >= 11 is 0. The fraction of sp³-hybridized carbons (Fsp3) is 0.318. The number of hydrogen-bond acceptors (Lipinski definition) is 7. The van der Waals surface area contributed by atoms with E-state index in [9.17, 15) is 9.59 Å². The molecule has 0 aliphatic carbocycles. The lowest BCUT2D eigenvalue weighted by atomic mass is 10.1. The average molecular weight is 427 g/mol. The van der Waals surface area contributed by atoms with Crippen molar-refractivity contribution < 1.29 is 28.5 Å². The highest BCUT2D eigenvalue weighted by atomic mass is 16.5. The van der Waals surface area contributed by atoms with Crippen molar-refractivity contribution in [1.29, 1.82) is 0 Å². The van der Waals surface area contributed by atoms with Gasteiger partial charge in [-0.15, -0.1) is 0 Å². The summed E-state index contributed by atoms with van der Waals surface area (Å²) in [5.74, 6) is 1.19. The van der Waals surface area contributed by atoms with Gasteiger partial charge in [0.1, 0.15) is 5.75 Å². The first-order valence-electron chi connectivity index (χ1n) is 9.58.